The van der Waals surface area contributed by atoms with Crippen molar-refractivity contribution >= 4 is 17.1 Å². The van der Waals surface area contributed by atoms with Crippen molar-refractivity contribution in [2.45, 2.75) is 38.2 Å². The smallest absolute Gasteiger partial charge is 0.182 e. The van der Waals surface area contributed by atoms with Crippen LogP contribution in [0.15, 0.2) is 0 Å². The van der Waals surface area contributed by atoms with Crippen LogP contribution in [0.4, 0.5) is 0 Å². The normalized spacial score (nSPS) is 21.9. The van der Waals surface area contributed by atoms with Crippen molar-refractivity contribution in [2.75, 3.05) is 7.11 Å². The first-order valence-electron chi connectivity index (χ1n) is 5.85. The Bertz CT molecular complexity index is 423. The predicted octanol–water partition coefficient (Wildman–Crippen LogP) is 2.76. The van der Waals surface area contributed by atoms with Crippen molar-refractivity contribution in [1.29, 1.82) is 0 Å². The number of methoxy groups -OCH3 is 1. The van der Waals surface area contributed by atoms with Gasteiger partial charge in [-0.15, -0.1) is 11.3 Å². The van der Waals surface area contributed by atoms with E-state index in [1.807, 2.05) is 0 Å². The topological polar surface area (TPSA) is 39.2 Å². The number of aromatic nitrogens is 1. The van der Waals surface area contributed by atoms with Crippen molar-refractivity contribution in [2.24, 2.45) is 5.92 Å². The van der Waals surface area contributed by atoms with Gasteiger partial charge < -0.3 is 4.74 Å². The van der Waals surface area contributed by atoms with Crippen LogP contribution in [0.3, 0.4) is 0 Å². The summed E-state index contributed by atoms with van der Waals surface area (Å²) in [6.07, 6.45) is 5.25. The van der Waals surface area contributed by atoms with Crippen LogP contribution in [0.1, 0.15) is 52.2 Å². The highest BCUT2D eigenvalue weighted by atomic mass is 32.1. The Balaban J connectivity index is 1.93. The van der Waals surface area contributed by atoms with Crippen LogP contribution in [0.25, 0.3) is 0 Å². The zero-order chi connectivity index (χ0) is 11.1. The second kappa shape index (κ2) is 3.93. The number of nitrogens with zero attached hydrogens (tertiary/aromatic N) is 1. The Kier molecular flexibility index (Phi) is 2.56. The molecule has 0 bridgehead atoms. The Morgan fingerprint density at radius 2 is 2.25 bits per heavy atom. The van der Waals surface area contributed by atoms with Gasteiger partial charge in [-0.1, -0.05) is 0 Å². The van der Waals surface area contributed by atoms with Crippen LogP contribution in [0.5, 0.6) is 0 Å². The van der Waals surface area contributed by atoms with Crippen molar-refractivity contribution in [3.05, 3.63) is 15.6 Å². The van der Waals surface area contributed by atoms with Crippen LogP contribution in [0, 0.1) is 5.92 Å². The lowest BCUT2D eigenvalue weighted by Crippen LogP contribution is -2.09. The number of hydrogen-bond donors (Lipinski definition) is 0. The third-order valence-corrected chi connectivity index (χ3v) is 4.51. The molecule has 2 aliphatic rings. The molecule has 1 fully saturated rings. The molecule has 4 heteroatoms. The average molecular weight is 237 g/mol. The number of ether oxygens (including phenoxy) is 1. The Hall–Kier alpha value is -0.740. The van der Waals surface area contributed by atoms with Crippen LogP contribution >= 0.6 is 11.3 Å². The summed E-state index contributed by atoms with van der Waals surface area (Å²) in [5, 5.41) is 1.02. The number of thiazole rings is 1. The average Bonchev–Trinajstić information content (AvgIpc) is 2.99. The van der Waals surface area contributed by atoms with Crippen LogP contribution in [-0.2, 0) is 11.2 Å². The molecule has 1 saturated carbocycles. The Morgan fingerprint density at radius 3 is 2.88 bits per heavy atom. The van der Waals surface area contributed by atoms with Gasteiger partial charge >= 0.3 is 0 Å². The highest BCUT2D eigenvalue weighted by Crippen LogP contribution is 2.45. The van der Waals surface area contributed by atoms with Crippen molar-refractivity contribution < 1.29 is 9.53 Å². The summed E-state index contributed by atoms with van der Waals surface area (Å²) in [5.41, 5.74) is 0.731. The number of aryl methyl sites for hydroxylation is 1. The molecule has 3 rings (SSSR count). The van der Waals surface area contributed by atoms with E-state index in [0.29, 0.717) is 12.3 Å². The fourth-order valence-corrected chi connectivity index (χ4v) is 3.60. The van der Waals surface area contributed by atoms with Crippen molar-refractivity contribution in [1.82, 2.24) is 4.98 Å². The maximum absolute atomic E-state index is 11.7. The minimum absolute atomic E-state index is 0.128. The van der Waals surface area contributed by atoms with Crippen molar-refractivity contribution in [3.63, 3.8) is 0 Å². The van der Waals surface area contributed by atoms with Crippen LogP contribution < -0.4 is 0 Å². The van der Waals surface area contributed by atoms with E-state index >= 15 is 0 Å². The van der Waals surface area contributed by atoms with Gasteiger partial charge in [0.25, 0.3) is 0 Å². The molecule has 16 heavy (non-hydrogen) atoms. The van der Waals surface area contributed by atoms with Gasteiger partial charge in [-0.2, -0.15) is 0 Å². The fraction of sp³-hybridized carbons (Fsp3) is 0.667. The molecule has 0 aromatic carbocycles. The summed E-state index contributed by atoms with van der Waals surface area (Å²) in [4.78, 5) is 17.4. The third kappa shape index (κ3) is 1.70. The zero-order valence-electron chi connectivity index (χ0n) is 9.36. The zero-order valence-corrected chi connectivity index (χ0v) is 10.2. The maximum atomic E-state index is 11.7. The predicted molar refractivity (Wildman–Crippen MR) is 61.9 cm³/mol. The summed E-state index contributed by atoms with van der Waals surface area (Å²) in [6, 6.07) is 0. The second-order valence-electron chi connectivity index (χ2n) is 4.59. The molecule has 3 nitrogen and oxygen atoms in total. The minimum Gasteiger partial charge on any atom is -0.374 e. The van der Waals surface area contributed by atoms with Crippen LogP contribution in [-0.4, -0.2) is 17.9 Å². The summed E-state index contributed by atoms with van der Waals surface area (Å²) in [7, 11) is 1.74. The molecule has 86 valence electrons. The highest BCUT2D eigenvalue weighted by molar-refractivity contribution is 7.12. The second-order valence-corrected chi connectivity index (χ2v) is 5.71. The lowest BCUT2D eigenvalue weighted by Gasteiger charge is -2.10. The summed E-state index contributed by atoms with van der Waals surface area (Å²) < 4.78 is 5.51. The molecule has 0 radical (unpaired) electrons. The molecule has 2 aliphatic carbocycles. The van der Waals surface area contributed by atoms with E-state index in [9.17, 15) is 4.79 Å². The number of hydrogen-bond acceptors (Lipinski definition) is 4. The highest BCUT2D eigenvalue weighted by Gasteiger charge is 2.36. The molecule has 1 aromatic rings. The number of ketones is 1. The van der Waals surface area contributed by atoms with E-state index in [-0.39, 0.29) is 11.9 Å². The summed E-state index contributed by atoms with van der Waals surface area (Å²) in [5.74, 6) is 0.849. The molecule has 0 spiro atoms. The molecule has 1 heterocycles. The molecular formula is C12H15NO2S. The molecule has 0 N–H and O–H groups in total. The van der Waals surface area contributed by atoms with Gasteiger partial charge in [0, 0.05) is 18.4 Å². The molecule has 0 saturated heterocycles. The van der Waals surface area contributed by atoms with Gasteiger partial charge in [-0.05, 0) is 31.6 Å². The lowest BCUT2D eigenvalue weighted by atomic mass is 10.0. The number of Topliss-reactive ketones (excluding diaryl/α,β-unsaturated/α-hetero) is 1. The standard InChI is InChI=1S/C12H15NO2S/c1-15-11(7-5-6-7)12-13-10-8(14)3-2-4-9(10)16-12/h7,11H,2-6H2,1H3. The van der Waals surface area contributed by atoms with E-state index in [1.54, 1.807) is 18.4 Å². The van der Waals surface area contributed by atoms with Gasteiger partial charge in [-0.25, -0.2) is 4.98 Å². The van der Waals surface area contributed by atoms with E-state index in [1.165, 1.54) is 17.7 Å². The SMILES string of the molecule is COC(c1nc2c(s1)CCCC2=O)C1CC1. The van der Waals surface area contributed by atoms with E-state index in [0.717, 1.165) is 23.5 Å². The quantitative estimate of drug-likeness (QED) is 0.811. The first-order valence-corrected chi connectivity index (χ1v) is 6.67. The lowest BCUT2D eigenvalue weighted by molar-refractivity contribution is 0.0839. The van der Waals surface area contributed by atoms with Gasteiger partial charge in [-0.3, -0.25) is 4.79 Å². The van der Waals surface area contributed by atoms with Gasteiger partial charge in [0.05, 0.1) is 0 Å². The summed E-state index contributed by atoms with van der Waals surface area (Å²) in [6.45, 7) is 0. The molecule has 1 aromatic heterocycles. The van der Waals surface area contributed by atoms with Gasteiger partial charge in [0.15, 0.2) is 5.78 Å². The van der Waals surface area contributed by atoms with E-state index in [2.05, 4.69) is 4.98 Å². The van der Waals surface area contributed by atoms with E-state index in [4.69, 9.17) is 4.74 Å². The Labute approximate surface area is 98.8 Å². The van der Waals surface area contributed by atoms with Crippen molar-refractivity contribution in [3.8, 4) is 0 Å². The number of carbonyl (C=O) groups is 1. The number of fused-ring (bicyclic) bond motifs is 1. The van der Waals surface area contributed by atoms with Crippen LogP contribution in [0.2, 0.25) is 0 Å². The third-order valence-electron chi connectivity index (χ3n) is 3.33. The Morgan fingerprint density at radius 1 is 1.44 bits per heavy atom. The van der Waals surface area contributed by atoms with E-state index < -0.39 is 0 Å². The molecule has 0 aliphatic heterocycles. The summed E-state index contributed by atoms with van der Waals surface area (Å²) >= 11 is 1.68. The molecular weight excluding hydrogens is 222 g/mol. The number of carbonyl (C=O) groups excluding carboxylic acids is 1. The molecule has 0 amide bonds. The minimum atomic E-state index is 0.128. The monoisotopic (exact) mass is 237 g/mol. The maximum Gasteiger partial charge on any atom is 0.182 e. The first kappa shape index (κ1) is 10.4. The number of rotatable bonds is 3. The van der Waals surface area contributed by atoms with Gasteiger partial charge in [0.1, 0.15) is 16.8 Å². The largest absolute Gasteiger partial charge is 0.374 e. The fourth-order valence-electron chi connectivity index (χ4n) is 2.30. The van der Waals surface area contributed by atoms with Gasteiger partial charge in [0.2, 0.25) is 0 Å². The first-order chi connectivity index (χ1) is 7.79. The molecule has 1 unspecified atom stereocenters. The molecule has 1 atom stereocenters.